The third-order valence-electron chi connectivity index (χ3n) is 4.13. The van der Waals surface area contributed by atoms with Crippen LogP contribution in [0.25, 0.3) is 0 Å². The molecule has 144 valence electrons. The van der Waals surface area contributed by atoms with Crippen LogP contribution in [0.1, 0.15) is 11.1 Å². The average molecular weight is 392 g/mol. The molecule has 0 saturated heterocycles. The predicted octanol–water partition coefficient (Wildman–Crippen LogP) is 1.93. The molecule has 0 heterocycles. The number of nitro groups is 1. The Kier molecular flexibility index (Phi) is 5.82. The van der Waals surface area contributed by atoms with Gasteiger partial charge in [-0.3, -0.25) is 14.9 Å². The summed E-state index contributed by atoms with van der Waals surface area (Å²) in [6.07, 6.45) is 0. The van der Waals surface area contributed by atoms with Gasteiger partial charge in [0.1, 0.15) is 4.90 Å². The van der Waals surface area contributed by atoms with Crippen molar-refractivity contribution in [3.8, 4) is 0 Å². The molecule has 9 nitrogen and oxygen atoms in total. The summed E-state index contributed by atoms with van der Waals surface area (Å²) in [7, 11) is -2.72. The standard InChI is InChI=1S/C17H20N4O5S/c1-11-5-4-6-14(12(11)2)19-17(22)10-20(3)15-8-7-13(21(23)24)9-16(15)27(18,25)26/h4-9H,10H2,1-3H3,(H,19,22)(H2,18,25,26). The molecule has 0 aliphatic rings. The number of benzene rings is 2. The molecule has 0 saturated carbocycles. The molecule has 0 spiro atoms. The number of rotatable bonds is 6. The minimum Gasteiger partial charge on any atom is -0.364 e. The van der Waals surface area contributed by atoms with Gasteiger partial charge in [-0.05, 0) is 37.1 Å². The SMILES string of the molecule is Cc1cccc(NC(=O)CN(C)c2ccc([N+](=O)[O-])cc2S(N)(=O)=O)c1C. The van der Waals surface area contributed by atoms with Gasteiger partial charge in [0.15, 0.2) is 0 Å². The van der Waals surface area contributed by atoms with Crippen molar-refractivity contribution < 1.29 is 18.1 Å². The van der Waals surface area contributed by atoms with Gasteiger partial charge in [0.2, 0.25) is 15.9 Å². The highest BCUT2D eigenvalue weighted by Crippen LogP contribution is 2.28. The zero-order valence-electron chi connectivity index (χ0n) is 15.1. The Morgan fingerprint density at radius 2 is 1.93 bits per heavy atom. The summed E-state index contributed by atoms with van der Waals surface area (Å²) in [5, 5.41) is 18.8. The van der Waals surface area contributed by atoms with Gasteiger partial charge in [-0.15, -0.1) is 0 Å². The first kappa shape index (κ1) is 20.3. The molecular weight excluding hydrogens is 372 g/mol. The summed E-state index contributed by atoms with van der Waals surface area (Å²) >= 11 is 0. The molecule has 0 bridgehead atoms. The van der Waals surface area contributed by atoms with Crippen LogP contribution in [0.3, 0.4) is 0 Å². The number of likely N-dealkylation sites (N-methyl/N-ethyl adjacent to an activating group) is 1. The largest absolute Gasteiger partial charge is 0.364 e. The Bertz CT molecular complexity index is 1000. The van der Waals surface area contributed by atoms with E-state index in [0.29, 0.717) is 5.69 Å². The molecule has 0 aliphatic carbocycles. The number of nitro benzene ring substituents is 1. The van der Waals surface area contributed by atoms with Crippen LogP contribution in [-0.2, 0) is 14.8 Å². The maximum atomic E-state index is 12.4. The van der Waals surface area contributed by atoms with Gasteiger partial charge in [-0.25, -0.2) is 13.6 Å². The Morgan fingerprint density at radius 3 is 2.52 bits per heavy atom. The molecule has 0 unspecified atom stereocenters. The molecule has 0 aromatic heterocycles. The maximum Gasteiger partial charge on any atom is 0.270 e. The normalized spacial score (nSPS) is 11.1. The molecule has 0 radical (unpaired) electrons. The third-order valence-corrected chi connectivity index (χ3v) is 5.07. The number of nitrogens with one attached hydrogen (secondary N) is 1. The van der Waals surface area contributed by atoms with Crippen molar-refractivity contribution in [3.05, 3.63) is 57.6 Å². The second kappa shape index (κ2) is 7.72. The Labute approximate surface area is 157 Å². The molecule has 27 heavy (non-hydrogen) atoms. The van der Waals surface area contributed by atoms with Crippen LogP contribution >= 0.6 is 0 Å². The van der Waals surface area contributed by atoms with Crippen LogP contribution in [0.2, 0.25) is 0 Å². The van der Waals surface area contributed by atoms with Crippen LogP contribution in [0.4, 0.5) is 17.1 Å². The van der Waals surface area contributed by atoms with Crippen molar-refractivity contribution in [2.45, 2.75) is 18.7 Å². The molecule has 1 amide bonds. The van der Waals surface area contributed by atoms with Gasteiger partial charge < -0.3 is 10.2 Å². The summed E-state index contributed by atoms with van der Waals surface area (Å²) in [4.78, 5) is 23.5. The fourth-order valence-corrected chi connectivity index (χ4v) is 3.34. The van der Waals surface area contributed by atoms with E-state index in [1.165, 1.54) is 18.0 Å². The van der Waals surface area contributed by atoms with Crippen LogP contribution in [-0.4, -0.2) is 32.8 Å². The average Bonchev–Trinajstić information content (AvgIpc) is 2.57. The number of nitrogens with two attached hydrogens (primary N) is 1. The third kappa shape index (κ3) is 4.80. The topological polar surface area (TPSA) is 136 Å². The number of anilines is 2. The minimum atomic E-state index is -4.22. The lowest BCUT2D eigenvalue weighted by molar-refractivity contribution is -0.385. The molecule has 0 atom stereocenters. The first-order valence-corrected chi connectivity index (χ1v) is 9.44. The molecule has 0 aliphatic heterocycles. The molecule has 2 aromatic carbocycles. The molecule has 3 N–H and O–H groups in total. The van der Waals surface area contributed by atoms with Crippen LogP contribution < -0.4 is 15.4 Å². The van der Waals surface area contributed by atoms with Crippen molar-refractivity contribution in [3.63, 3.8) is 0 Å². The zero-order chi connectivity index (χ0) is 20.4. The van der Waals surface area contributed by atoms with Crippen molar-refractivity contribution >= 4 is 33.0 Å². The monoisotopic (exact) mass is 392 g/mol. The highest BCUT2D eigenvalue weighted by atomic mass is 32.2. The fourth-order valence-electron chi connectivity index (χ4n) is 2.54. The van der Waals surface area contributed by atoms with Gasteiger partial charge >= 0.3 is 0 Å². The van der Waals surface area contributed by atoms with Crippen molar-refractivity contribution in [1.29, 1.82) is 0 Å². The second-order valence-electron chi connectivity index (χ2n) is 6.11. The van der Waals surface area contributed by atoms with Crippen LogP contribution in [0.5, 0.6) is 0 Å². The number of carbonyl (C=O) groups is 1. The molecule has 0 fully saturated rings. The zero-order valence-corrected chi connectivity index (χ0v) is 15.9. The number of sulfonamides is 1. The first-order chi connectivity index (χ1) is 12.5. The lowest BCUT2D eigenvalue weighted by Gasteiger charge is -2.21. The van der Waals surface area contributed by atoms with E-state index in [1.807, 2.05) is 26.0 Å². The number of aryl methyl sites for hydroxylation is 1. The van der Waals surface area contributed by atoms with Crippen LogP contribution in [0.15, 0.2) is 41.3 Å². The number of hydrogen-bond acceptors (Lipinski definition) is 6. The van der Waals surface area contributed by atoms with Crippen LogP contribution in [0, 0.1) is 24.0 Å². The quantitative estimate of drug-likeness (QED) is 0.569. The number of amides is 1. The maximum absolute atomic E-state index is 12.4. The summed E-state index contributed by atoms with van der Waals surface area (Å²) in [5.41, 5.74) is 2.29. The van der Waals surface area contributed by atoms with Gasteiger partial charge in [0.25, 0.3) is 5.69 Å². The molecule has 10 heteroatoms. The number of nitrogens with zero attached hydrogens (tertiary/aromatic N) is 2. The number of primary sulfonamides is 1. The van der Waals surface area contributed by atoms with E-state index in [0.717, 1.165) is 23.3 Å². The summed E-state index contributed by atoms with van der Waals surface area (Å²) in [6.45, 7) is 3.63. The summed E-state index contributed by atoms with van der Waals surface area (Å²) < 4.78 is 23.6. The lowest BCUT2D eigenvalue weighted by Crippen LogP contribution is -2.31. The molecular formula is C17H20N4O5S. The van der Waals surface area contributed by atoms with Crippen molar-refractivity contribution in [2.75, 3.05) is 23.8 Å². The van der Waals surface area contributed by atoms with Crippen molar-refractivity contribution in [2.24, 2.45) is 5.14 Å². The van der Waals surface area contributed by atoms with E-state index < -0.39 is 25.5 Å². The summed E-state index contributed by atoms with van der Waals surface area (Å²) in [6, 6.07) is 8.79. The van der Waals surface area contributed by atoms with Gasteiger partial charge in [0.05, 0.1) is 17.2 Å². The van der Waals surface area contributed by atoms with E-state index in [1.54, 1.807) is 6.07 Å². The Balaban J connectivity index is 2.27. The Morgan fingerprint density at radius 1 is 1.26 bits per heavy atom. The van der Waals surface area contributed by atoms with E-state index >= 15 is 0 Å². The lowest BCUT2D eigenvalue weighted by atomic mass is 10.1. The van der Waals surface area contributed by atoms with E-state index in [-0.39, 0.29) is 18.1 Å². The fraction of sp³-hybridized carbons (Fsp3) is 0.235. The first-order valence-electron chi connectivity index (χ1n) is 7.89. The van der Waals surface area contributed by atoms with Gasteiger partial charge in [-0.1, -0.05) is 12.1 Å². The van der Waals surface area contributed by atoms with E-state index in [9.17, 15) is 23.3 Å². The van der Waals surface area contributed by atoms with Gasteiger partial charge in [0, 0.05) is 24.9 Å². The van der Waals surface area contributed by atoms with E-state index in [4.69, 9.17) is 5.14 Å². The number of hydrogen-bond donors (Lipinski definition) is 2. The predicted molar refractivity (Wildman–Crippen MR) is 102 cm³/mol. The highest BCUT2D eigenvalue weighted by Gasteiger charge is 2.22. The molecule has 2 aromatic rings. The van der Waals surface area contributed by atoms with Gasteiger partial charge in [-0.2, -0.15) is 0 Å². The number of non-ortho nitro benzene ring substituents is 1. The van der Waals surface area contributed by atoms with E-state index in [2.05, 4.69) is 5.32 Å². The molecule has 2 rings (SSSR count). The second-order valence-corrected chi connectivity index (χ2v) is 7.64. The highest BCUT2D eigenvalue weighted by molar-refractivity contribution is 7.89. The summed E-state index contributed by atoms with van der Waals surface area (Å²) in [5.74, 6) is -0.370. The minimum absolute atomic E-state index is 0.0965. The number of carbonyl (C=O) groups excluding carboxylic acids is 1. The smallest absolute Gasteiger partial charge is 0.270 e. The Hall–Kier alpha value is -2.98. The van der Waals surface area contributed by atoms with Crippen molar-refractivity contribution in [1.82, 2.24) is 0 Å².